The standard InChI is InChI=1S/C41H64O16/c1-17-27(43)30(46)31(47)36(52-17)56-35-29(45)19(3)54-38(33(35)49)57-34-28(44)18(2)53-37(32(34)48)55-22-8-11-39(4)21(15-22)6-7-25-24(39)9-12-40(5)23(10-13-41(25,40)50)20-14-26(42)51-16-20/h14,17-19,21-25,27-38,43-50H,6-13,15-16H2,1-5H3/t17?,18?,19?,21-,22+,23-,24?,25-,27+,28+,29+,30?,31+,32+,33+,34?,35?,36+,37+,38+,39?,40?,41+/m1/s1. The van der Waals surface area contributed by atoms with E-state index in [-0.39, 0.29) is 34.7 Å². The molecule has 0 aromatic carbocycles. The van der Waals surface area contributed by atoms with Gasteiger partial charge in [0.25, 0.3) is 0 Å². The molecule has 8 aliphatic rings. The molecule has 8 N–H and O–H groups in total. The van der Waals surface area contributed by atoms with Crippen LogP contribution in [0, 0.1) is 34.5 Å². The minimum atomic E-state index is -1.70. The maximum absolute atomic E-state index is 12.6. The van der Waals surface area contributed by atoms with Crippen molar-refractivity contribution in [3.8, 4) is 0 Å². The molecule has 4 saturated carbocycles. The molecular formula is C41H64O16. The predicted octanol–water partition coefficient (Wildman–Crippen LogP) is 0.160. The normalized spacial score (nSPS) is 56.6. The third-order valence-electron chi connectivity index (χ3n) is 16.2. The number of hydrogen-bond acceptors (Lipinski definition) is 16. The fourth-order valence-corrected chi connectivity index (χ4v) is 12.7. The van der Waals surface area contributed by atoms with Crippen LogP contribution in [0.1, 0.15) is 92.4 Å². The Hall–Kier alpha value is -1.35. The molecule has 57 heavy (non-hydrogen) atoms. The van der Waals surface area contributed by atoms with Gasteiger partial charge in [-0.3, -0.25) is 0 Å². The number of hydrogen-bond donors (Lipinski definition) is 8. The van der Waals surface area contributed by atoms with Gasteiger partial charge in [0.2, 0.25) is 0 Å². The van der Waals surface area contributed by atoms with Crippen LogP contribution in [0.25, 0.3) is 0 Å². The molecular weight excluding hydrogens is 748 g/mol. The van der Waals surface area contributed by atoms with Gasteiger partial charge in [-0.05, 0) is 113 Å². The summed E-state index contributed by atoms with van der Waals surface area (Å²) in [6, 6.07) is 0. The number of carbonyl (C=O) groups excluding carboxylic acids is 1. The molecule has 0 aromatic heterocycles. The Kier molecular flexibility index (Phi) is 11.5. The zero-order valence-electron chi connectivity index (χ0n) is 33.5. The van der Waals surface area contributed by atoms with Crippen molar-refractivity contribution in [3.05, 3.63) is 11.6 Å². The summed E-state index contributed by atoms with van der Waals surface area (Å²) in [6.07, 6.45) is -11.3. The third-order valence-corrected chi connectivity index (χ3v) is 16.2. The summed E-state index contributed by atoms with van der Waals surface area (Å²) in [4.78, 5) is 12.0. The van der Waals surface area contributed by atoms with Crippen LogP contribution in [0.3, 0.4) is 0 Å². The molecule has 4 aliphatic carbocycles. The second kappa shape index (κ2) is 15.5. The van der Waals surface area contributed by atoms with E-state index in [2.05, 4.69) is 13.8 Å². The Morgan fingerprint density at radius 1 is 0.632 bits per heavy atom. The van der Waals surface area contributed by atoms with E-state index in [0.717, 1.165) is 56.9 Å². The summed E-state index contributed by atoms with van der Waals surface area (Å²) in [7, 11) is 0. The summed E-state index contributed by atoms with van der Waals surface area (Å²) in [5.74, 6) is 0.688. The van der Waals surface area contributed by atoms with Crippen LogP contribution < -0.4 is 0 Å². The maximum atomic E-state index is 12.6. The third kappa shape index (κ3) is 6.95. The highest BCUT2D eigenvalue weighted by Crippen LogP contribution is 2.70. The zero-order valence-corrected chi connectivity index (χ0v) is 33.5. The molecule has 0 aromatic rings. The van der Waals surface area contributed by atoms with E-state index < -0.39 is 97.7 Å². The molecule has 9 unspecified atom stereocenters. The molecule has 0 radical (unpaired) electrons. The SMILES string of the molecule is CC1O[C@@H](OC2[C@@H](O)C(C)O[C@@H](OC3[C@@H](O)C(C)O[C@@H](O[C@H]4CCC5(C)C6CCC7(C)[C@@H](C8=CC(=O)OC8)CC[C@]7(O)[C@@H]6CC[C@@H]5C4)[C@H]3O)[C@H]2O)[C@@H](O)C(O)[C@H]1O. The van der Waals surface area contributed by atoms with Crippen LogP contribution in [0.4, 0.5) is 0 Å². The number of esters is 1. The van der Waals surface area contributed by atoms with Crippen molar-refractivity contribution >= 4 is 5.97 Å². The van der Waals surface area contributed by atoms with E-state index in [9.17, 15) is 45.6 Å². The lowest BCUT2D eigenvalue weighted by Crippen LogP contribution is -2.65. The average Bonchev–Trinajstić information content (AvgIpc) is 3.72. The van der Waals surface area contributed by atoms with Gasteiger partial charge in [0.15, 0.2) is 18.9 Å². The molecule has 23 atom stereocenters. The van der Waals surface area contributed by atoms with Crippen molar-refractivity contribution in [2.45, 2.75) is 196 Å². The van der Waals surface area contributed by atoms with Crippen molar-refractivity contribution in [2.24, 2.45) is 34.5 Å². The van der Waals surface area contributed by atoms with Crippen molar-refractivity contribution < 1.29 is 78.8 Å². The van der Waals surface area contributed by atoms with E-state index in [1.54, 1.807) is 13.0 Å². The molecule has 16 nitrogen and oxygen atoms in total. The topological polar surface area (TPSA) is 244 Å². The number of fused-ring (bicyclic) bond motifs is 5. The van der Waals surface area contributed by atoms with Crippen LogP contribution in [-0.2, 0) is 38.0 Å². The van der Waals surface area contributed by atoms with Crippen molar-refractivity contribution in [1.29, 1.82) is 0 Å². The summed E-state index contributed by atoms with van der Waals surface area (Å²) < 4.78 is 41.0. The summed E-state index contributed by atoms with van der Waals surface area (Å²) in [5, 5.41) is 88.5. The van der Waals surface area contributed by atoms with Crippen LogP contribution in [0.5, 0.6) is 0 Å². The second-order valence-corrected chi connectivity index (χ2v) is 19.1. The summed E-state index contributed by atoms with van der Waals surface area (Å²) in [5.41, 5.74) is -0.106. The van der Waals surface area contributed by atoms with Crippen LogP contribution in [-0.4, -0.2) is 157 Å². The number of aliphatic hydroxyl groups excluding tert-OH is 7. The molecule has 324 valence electrons. The predicted molar refractivity (Wildman–Crippen MR) is 195 cm³/mol. The number of ether oxygens (including phenoxy) is 7. The van der Waals surface area contributed by atoms with Gasteiger partial charge in [0.1, 0.15) is 61.5 Å². The van der Waals surface area contributed by atoms with Gasteiger partial charge in [-0.25, -0.2) is 4.79 Å². The largest absolute Gasteiger partial charge is 0.458 e. The number of aliphatic hydroxyl groups is 8. The smallest absolute Gasteiger partial charge is 0.331 e. The first kappa shape index (κ1) is 42.3. The van der Waals surface area contributed by atoms with Gasteiger partial charge in [-0.2, -0.15) is 0 Å². The Morgan fingerprint density at radius 3 is 1.81 bits per heavy atom. The fourth-order valence-electron chi connectivity index (χ4n) is 12.7. The molecule has 0 spiro atoms. The first-order chi connectivity index (χ1) is 26.9. The minimum Gasteiger partial charge on any atom is -0.458 e. The molecule has 7 fully saturated rings. The van der Waals surface area contributed by atoms with E-state index >= 15 is 0 Å². The number of carbonyl (C=O) groups is 1. The lowest BCUT2D eigenvalue weighted by Gasteiger charge is -2.64. The second-order valence-electron chi connectivity index (χ2n) is 19.1. The van der Waals surface area contributed by atoms with E-state index in [0.29, 0.717) is 24.9 Å². The van der Waals surface area contributed by atoms with Crippen molar-refractivity contribution in [1.82, 2.24) is 0 Å². The lowest BCUT2D eigenvalue weighted by atomic mass is 9.43. The van der Waals surface area contributed by atoms with Crippen LogP contribution in [0.2, 0.25) is 0 Å². The van der Waals surface area contributed by atoms with Gasteiger partial charge >= 0.3 is 5.97 Å². The van der Waals surface area contributed by atoms with Crippen LogP contribution >= 0.6 is 0 Å². The Balaban J connectivity index is 0.909. The number of rotatable bonds is 7. The van der Waals surface area contributed by atoms with Gasteiger partial charge in [0, 0.05) is 11.5 Å². The van der Waals surface area contributed by atoms with Gasteiger partial charge in [-0.15, -0.1) is 0 Å². The van der Waals surface area contributed by atoms with E-state index in [4.69, 9.17) is 33.2 Å². The zero-order chi connectivity index (χ0) is 40.9. The highest BCUT2D eigenvalue weighted by molar-refractivity contribution is 5.85. The summed E-state index contributed by atoms with van der Waals surface area (Å²) in [6.45, 7) is 9.55. The van der Waals surface area contributed by atoms with Gasteiger partial charge in [-0.1, -0.05) is 13.8 Å². The highest BCUT2D eigenvalue weighted by atomic mass is 16.7. The number of cyclic esters (lactones) is 1. The van der Waals surface area contributed by atoms with Gasteiger partial charge < -0.3 is 74.0 Å². The molecule has 0 amide bonds. The summed E-state index contributed by atoms with van der Waals surface area (Å²) >= 11 is 0. The maximum Gasteiger partial charge on any atom is 0.331 e. The van der Waals surface area contributed by atoms with Crippen molar-refractivity contribution in [2.75, 3.05) is 6.61 Å². The van der Waals surface area contributed by atoms with Gasteiger partial charge in [0.05, 0.1) is 30.0 Å². The molecule has 16 heteroatoms. The highest BCUT2D eigenvalue weighted by Gasteiger charge is 2.68. The quantitative estimate of drug-likeness (QED) is 0.126. The Bertz CT molecular complexity index is 1510. The first-order valence-electron chi connectivity index (χ1n) is 21.2. The molecule has 4 aliphatic heterocycles. The Labute approximate surface area is 333 Å². The van der Waals surface area contributed by atoms with E-state index in [1.165, 1.54) is 13.8 Å². The lowest BCUT2D eigenvalue weighted by molar-refractivity contribution is -0.377. The monoisotopic (exact) mass is 812 g/mol. The molecule has 4 heterocycles. The fraction of sp³-hybridized carbons (Fsp3) is 0.927. The molecule has 8 rings (SSSR count). The first-order valence-corrected chi connectivity index (χ1v) is 21.2. The van der Waals surface area contributed by atoms with Crippen LogP contribution in [0.15, 0.2) is 11.6 Å². The average molecular weight is 813 g/mol. The molecule has 0 bridgehead atoms. The molecule has 3 saturated heterocycles. The van der Waals surface area contributed by atoms with E-state index in [1.807, 2.05) is 0 Å². The Morgan fingerprint density at radius 2 is 1.21 bits per heavy atom. The van der Waals surface area contributed by atoms with Crippen molar-refractivity contribution in [3.63, 3.8) is 0 Å². The minimum absolute atomic E-state index is 0.00618.